The zero-order valence-electron chi connectivity index (χ0n) is 19.5. The summed E-state index contributed by atoms with van der Waals surface area (Å²) in [4.78, 5) is 33.1. The molecule has 2 aromatic rings. The maximum absolute atomic E-state index is 13.8. The lowest BCUT2D eigenvalue weighted by Crippen LogP contribution is -2.47. The van der Waals surface area contributed by atoms with Crippen LogP contribution in [0.1, 0.15) is 12.5 Å². The second-order valence-electron chi connectivity index (χ2n) is 7.89. The third-order valence-corrected chi connectivity index (χ3v) is 6.17. The maximum Gasteiger partial charge on any atom is 0.282 e. The molecule has 0 radical (unpaired) electrons. The van der Waals surface area contributed by atoms with E-state index in [1.54, 1.807) is 37.4 Å². The average molecular weight is 452 g/mol. The highest BCUT2D eigenvalue weighted by atomic mass is 16.5. The summed E-state index contributed by atoms with van der Waals surface area (Å²) in [5, 5.41) is 0. The lowest BCUT2D eigenvalue weighted by molar-refractivity contribution is -0.120. The standard InChI is InChI=1S/C25H29N3O5/c1-5-26-10-12-27(13-11-26)23-22(17-6-8-19(31-2)9-7-17)24(29)28(25(23)30)18-14-20(32-3)16-21(15-18)33-4/h6-9,14-16H,5,10-13H2,1-4H3. The largest absolute Gasteiger partial charge is 0.497 e. The van der Waals surface area contributed by atoms with Gasteiger partial charge < -0.3 is 24.0 Å². The van der Waals surface area contributed by atoms with Crippen LogP contribution in [0.5, 0.6) is 17.2 Å². The maximum atomic E-state index is 13.8. The van der Waals surface area contributed by atoms with E-state index in [0.717, 1.165) is 19.6 Å². The summed E-state index contributed by atoms with van der Waals surface area (Å²) in [6, 6.07) is 12.3. The average Bonchev–Trinajstić information content (AvgIpc) is 3.13. The number of hydrogen-bond donors (Lipinski definition) is 0. The van der Waals surface area contributed by atoms with Crippen LogP contribution >= 0.6 is 0 Å². The SMILES string of the molecule is CCN1CCN(C2=C(c3ccc(OC)cc3)C(=O)N(c3cc(OC)cc(OC)c3)C2=O)CC1. The second-order valence-corrected chi connectivity index (χ2v) is 7.89. The number of likely N-dealkylation sites (N-methyl/N-ethyl adjacent to an activating group) is 1. The van der Waals surface area contributed by atoms with Crippen LogP contribution in [0.4, 0.5) is 5.69 Å². The number of ether oxygens (including phenoxy) is 3. The first-order valence-corrected chi connectivity index (χ1v) is 11.0. The molecule has 0 N–H and O–H groups in total. The number of nitrogens with zero attached hydrogens (tertiary/aromatic N) is 3. The van der Waals surface area contributed by atoms with Gasteiger partial charge in [-0.1, -0.05) is 19.1 Å². The molecular weight excluding hydrogens is 422 g/mol. The summed E-state index contributed by atoms with van der Waals surface area (Å²) < 4.78 is 16.0. The predicted octanol–water partition coefficient (Wildman–Crippen LogP) is 2.63. The van der Waals surface area contributed by atoms with E-state index < -0.39 is 0 Å². The molecule has 0 unspecified atom stereocenters. The van der Waals surface area contributed by atoms with Gasteiger partial charge in [0, 0.05) is 44.4 Å². The lowest BCUT2D eigenvalue weighted by Gasteiger charge is -2.36. The van der Waals surface area contributed by atoms with Gasteiger partial charge in [-0.3, -0.25) is 9.59 Å². The molecule has 1 fully saturated rings. The Morgan fingerprint density at radius 1 is 0.758 bits per heavy atom. The van der Waals surface area contributed by atoms with Crippen LogP contribution in [0, 0.1) is 0 Å². The van der Waals surface area contributed by atoms with Crippen molar-refractivity contribution in [3.05, 3.63) is 53.7 Å². The zero-order valence-corrected chi connectivity index (χ0v) is 19.5. The monoisotopic (exact) mass is 451 g/mol. The van der Waals surface area contributed by atoms with Gasteiger partial charge in [0.1, 0.15) is 22.9 Å². The Morgan fingerprint density at radius 2 is 1.33 bits per heavy atom. The Hall–Kier alpha value is -3.52. The van der Waals surface area contributed by atoms with Crippen LogP contribution in [-0.4, -0.2) is 75.7 Å². The second kappa shape index (κ2) is 9.54. The summed E-state index contributed by atoms with van der Waals surface area (Å²) in [5.41, 5.74) is 1.92. The highest BCUT2D eigenvalue weighted by Crippen LogP contribution is 2.38. The third kappa shape index (κ3) is 4.26. The van der Waals surface area contributed by atoms with E-state index in [1.165, 1.54) is 19.1 Å². The Bertz CT molecular complexity index is 1050. The molecule has 0 saturated carbocycles. The third-order valence-electron chi connectivity index (χ3n) is 6.17. The van der Waals surface area contributed by atoms with Crippen molar-refractivity contribution in [1.82, 2.24) is 9.80 Å². The first kappa shape index (κ1) is 22.7. The fraction of sp³-hybridized carbons (Fsp3) is 0.360. The molecule has 2 aliphatic rings. The summed E-state index contributed by atoms with van der Waals surface area (Å²) >= 11 is 0. The van der Waals surface area contributed by atoms with Gasteiger partial charge in [0.2, 0.25) is 0 Å². The molecule has 2 aliphatic heterocycles. The number of carbonyl (C=O) groups is 2. The quantitative estimate of drug-likeness (QED) is 0.600. The van der Waals surface area contributed by atoms with Gasteiger partial charge >= 0.3 is 0 Å². The molecule has 2 heterocycles. The molecule has 2 amide bonds. The molecule has 8 heteroatoms. The first-order valence-electron chi connectivity index (χ1n) is 11.0. The van der Waals surface area contributed by atoms with E-state index >= 15 is 0 Å². The minimum absolute atomic E-state index is 0.342. The van der Waals surface area contributed by atoms with E-state index in [4.69, 9.17) is 14.2 Å². The molecule has 0 aliphatic carbocycles. The fourth-order valence-corrected chi connectivity index (χ4v) is 4.27. The number of methoxy groups -OCH3 is 3. The summed E-state index contributed by atoms with van der Waals surface area (Å²) in [6.45, 7) is 6.11. The molecule has 0 aromatic heterocycles. The summed E-state index contributed by atoms with van der Waals surface area (Å²) in [7, 11) is 4.66. The molecule has 174 valence electrons. The number of anilines is 1. The first-order chi connectivity index (χ1) is 16.0. The molecule has 1 saturated heterocycles. The summed E-state index contributed by atoms with van der Waals surface area (Å²) in [6.07, 6.45) is 0. The topological polar surface area (TPSA) is 71.6 Å². The molecule has 8 nitrogen and oxygen atoms in total. The Balaban J connectivity index is 1.79. The highest BCUT2D eigenvalue weighted by Gasteiger charge is 2.43. The van der Waals surface area contributed by atoms with Gasteiger partial charge in [-0.2, -0.15) is 0 Å². The molecule has 0 bridgehead atoms. The van der Waals surface area contributed by atoms with Crippen LogP contribution in [0.25, 0.3) is 5.57 Å². The molecule has 2 aromatic carbocycles. The minimum atomic E-state index is -0.367. The van der Waals surface area contributed by atoms with Crippen molar-refractivity contribution >= 4 is 23.1 Å². The number of piperazine rings is 1. The van der Waals surface area contributed by atoms with Crippen molar-refractivity contribution in [1.29, 1.82) is 0 Å². The number of carbonyl (C=O) groups excluding carboxylic acids is 2. The molecule has 0 spiro atoms. The van der Waals surface area contributed by atoms with E-state index in [9.17, 15) is 9.59 Å². The van der Waals surface area contributed by atoms with E-state index in [2.05, 4.69) is 11.8 Å². The van der Waals surface area contributed by atoms with Crippen molar-refractivity contribution in [2.45, 2.75) is 6.92 Å². The normalized spacial score (nSPS) is 17.1. The van der Waals surface area contributed by atoms with E-state index in [0.29, 0.717) is 52.9 Å². The van der Waals surface area contributed by atoms with Gasteiger partial charge in [-0.25, -0.2) is 4.90 Å². The van der Waals surface area contributed by atoms with Crippen molar-refractivity contribution in [3.8, 4) is 17.2 Å². The van der Waals surface area contributed by atoms with Crippen molar-refractivity contribution in [2.24, 2.45) is 0 Å². The van der Waals surface area contributed by atoms with Gasteiger partial charge in [-0.15, -0.1) is 0 Å². The van der Waals surface area contributed by atoms with Crippen LogP contribution < -0.4 is 19.1 Å². The van der Waals surface area contributed by atoms with Crippen LogP contribution in [0.3, 0.4) is 0 Å². The smallest absolute Gasteiger partial charge is 0.282 e. The predicted molar refractivity (Wildman–Crippen MR) is 126 cm³/mol. The van der Waals surface area contributed by atoms with Crippen molar-refractivity contribution in [3.63, 3.8) is 0 Å². The van der Waals surface area contributed by atoms with E-state index in [-0.39, 0.29) is 11.8 Å². The number of amides is 2. The van der Waals surface area contributed by atoms with E-state index in [1.807, 2.05) is 17.0 Å². The zero-order chi connectivity index (χ0) is 23.5. The van der Waals surface area contributed by atoms with Gasteiger partial charge in [0.25, 0.3) is 11.8 Å². The minimum Gasteiger partial charge on any atom is -0.497 e. The Morgan fingerprint density at radius 3 is 1.85 bits per heavy atom. The van der Waals surface area contributed by atoms with Gasteiger partial charge in [0.05, 0.1) is 32.6 Å². The number of hydrogen-bond acceptors (Lipinski definition) is 7. The summed E-state index contributed by atoms with van der Waals surface area (Å²) in [5.74, 6) is 0.977. The van der Waals surface area contributed by atoms with Crippen molar-refractivity contribution in [2.75, 3.05) is 59.0 Å². The van der Waals surface area contributed by atoms with Crippen LogP contribution in [-0.2, 0) is 9.59 Å². The Labute approximate surface area is 193 Å². The van der Waals surface area contributed by atoms with Gasteiger partial charge in [-0.05, 0) is 24.2 Å². The number of benzene rings is 2. The van der Waals surface area contributed by atoms with Crippen LogP contribution in [0.2, 0.25) is 0 Å². The van der Waals surface area contributed by atoms with Crippen molar-refractivity contribution < 1.29 is 23.8 Å². The molecule has 33 heavy (non-hydrogen) atoms. The molecule has 4 rings (SSSR count). The highest BCUT2D eigenvalue weighted by molar-refractivity contribution is 6.45. The number of imide groups is 1. The van der Waals surface area contributed by atoms with Gasteiger partial charge in [0.15, 0.2) is 0 Å². The van der Waals surface area contributed by atoms with Crippen LogP contribution in [0.15, 0.2) is 48.2 Å². The number of rotatable bonds is 7. The molecular formula is C25H29N3O5. The fourth-order valence-electron chi connectivity index (χ4n) is 4.27. The lowest BCUT2D eigenvalue weighted by atomic mass is 10.0. The Kier molecular flexibility index (Phi) is 6.55. The molecule has 0 atom stereocenters.